The third-order valence-corrected chi connectivity index (χ3v) is 4.18. The molecule has 0 spiro atoms. The molecular formula is C15H16N4O2S. The zero-order valence-electron chi connectivity index (χ0n) is 12.3. The van der Waals surface area contributed by atoms with Gasteiger partial charge in [-0.15, -0.1) is 16.4 Å². The zero-order chi connectivity index (χ0) is 15.5. The van der Waals surface area contributed by atoms with Crippen LogP contribution in [0.15, 0.2) is 35.7 Å². The van der Waals surface area contributed by atoms with Crippen LogP contribution >= 0.6 is 11.3 Å². The van der Waals surface area contributed by atoms with Crippen LogP contribution in [-0.2, 0) is 6.54 Å². The summed E-state index contributed by atoms with van der Waals surface area (Å²) in [6.07, 6.45) is 0. The van der Waals surface area contributed by atoms with E-state index in [0.29, 0.717) is 18.0 Å². The highest BCUT2D eigenvalue weighted by molar-refractivity contribution is 7.13. The number of nitrogens with zero attached hydrogens (tertiary/aromatic N) is 3. The highest BCUT2D eigenvalue weighted by atomic mass is 32.1. The summed E-state index contributed by atoms with van der Waals surface area (Å²) in [5, 5.41) is 10.4. The number of aromatic nitrogens is 3. The lowest BCUT2D eigenvalue weighted by Crippen LogP contribution is -2.02. The number of hydrogen-bond donors (Lipinski definition) is 1. The molecule has 2 N–H and O–H groups in total. The zero-order valence-corrected chi connectivity index (χ0v) is 13.1. The van der Waals surface area contributed by atoms with Crippen LogP contribution in [0.2, 0.25) is 0 Å². The Morgan fingerprint density at radius 2 is 2.00 bits per heavy atom. The van der Waals surface area contributed by atoms with Crippen LogP contribution in [0.4, 0.5) is 0 Å². The Kier molecular flexibility index (Phi) is 4.08. The number of rotatable bonds is 5. The predicted molar refractivity (Wildman–Crippen MR) is 85.7 cm³/mol. The Labute approximate surface area is 132 Å². The minimum absolute atomic E-state index is 0.334. The van der Waals surface area contributed by atoms with Gasteiger partial charge in [0.15, 0.2) is 11.5 Å². The maximum absolute atomic E-state index is 5.79. The van der Waals surface area contributed by atoms with Gasteiger partial charge in [0.05, 0.1) is 24.8 Å². The number of benzene rings is 1. The number of ether oxygens (including phenoxy) is 2. The van der Waals surface area contributed by atoms with Gasteiger partial charge < -0.3 is 15.2 Å². The maximum atomic E-state index is 5.79. The van der Waals surface area contributed by atoms with Crippen molar-refractivity contribution in [3.8, 4) is 27.8 Å². The van der Waals surface area contributed by atoms with Gasteiger partial charge in [-0.3, -0.25) is 0 Å². The van der Waals surface area contributed by atoms with E-state index >= 15 is 0 Å². The molecule has 7 heteroatoms. The summed E-state index contributed by atoms with van der Waals surface area (Å²) >= 11 is 1.62. The van der Waals surface area contributed by atoms with Crippen molar-refractivity contribution in [2.24, 2.45) is 5.73 Å². The smallest absolute Gasteiger partial charge is 0.162 e. The Morgan fingerprint density at radius 3 is 2.64 bits per heavy atom. The first-order valence-electron chi connectivity index (χ1n) is 6.69. The van der Waals surface area contributed by atoms with Crippen LogP contribution in [0, 0.1) is 0 Å². The SMILES string of the molecule is COc1ccc(-n2nnc(CN)c2-c2cccs2)cc1OC. The van der Waals surface area contributed by atoms with E-state index in [0.717, 1.165) is 22.0 Å². The Hall–Kier alpha value is -2.38. The normalized spacial score (nSPS) is 10.7. The fourth-order valence-corrected chi connectivity index (χ4v) is 3.02. The lowest BCUT2D eigenvalue weighted by molar-refractivity contribution is 0.354. The van der Waals surface area contributed by atoms with Crippen molar-refractivity contribution >= 4 is 11.3 Å². The maximum Gasteiger partial charge on any atom is 0.162 e. The average molecular weight is 316 g/mol. The molecule has 0 fully saturated rings. The molecule has 1 aromatic carbocycles. The molecule has 0 radical (unpaired) electrons. The number of methoxy groups -OCH3 is 2. The lowest BCUT2D eigenvalue weighted by atomic mass is 10.2. The number of thiophene rings is 1. The van der Waals surface area contributed by atoms with Crippen LogP contribution in [0.3, 0.4) is 0 Å². The van der Waals surface area contributed by atoms with Gasteiger partial charge >= 0.3 is 0 Å². The molecule has 0 amide bonds. The Morgan fingerprint density at radius 1 is 1.18 bits per heavy atom. The molecule has 0 saturated heterocycles. The van der Waals surface area contributed by atoms with Gasteiger partial charge in [0.2, 0.25) is 0 Å². The summed E-state index contributed by atoms with van der Waals surface area (Å²) in [6.45, 7) is 0.334. The van der Waals surface area contributed by atoms with Gasteiger partial charge in [-0.05, 0) is 23.6 Å². The molecule has 0 atom stereocenters. The fraction of sp³-hybridized carbons (Fsp3) is 0.200. The van der Waals surface area contributed by atoms with Crippen LogP contribution in [0.1, 0.15) is 5.69 Å². The second-order valence-electron chi connectivity index (χ2n) is 4.52. The molecular weight excluding hydrogens is 300 g/mol. The minimum atomic E-state index is 0.334. The molecule has 3 rings (SSSR count). The molecule has 0 bridgehead atoms. The topological polar surface area (TPSA) is 75.2 Å². The first kappa shape index (κ1) is 14.6. The van der Waals surface area contributed by atoms with Crippen LogP contribution in [0.5, 0.6) is 11.5 Å². The van der Waals surface area contributed by atoms with E-state index in [4.69, 9.17) is 15.2 Å². The largest absolute Gasteiger partial charge is 0.493 e. The second kappa shape index (κ2) is 6.17. The second-order valence-corrected chi connectivity index (χ2v) is 5.46. The first-order chi connectivity index (χ1) is 10.8. The van der Waals surface area contributed by atoms with Crippen LogP contribution < -0.4 is 15.2 Å². The van der Waals surface area contributed by atoms with E-state index in [1.165, 1.54) is 0 Å². The highest BCUT2D eigenvalue weighted by Crippen LogP contribution is 2.33. The summed E-state index contributed by atoms with van der Waals surface area (Å²) in [5.41, 5.74) is 8.30. The number of nitrogens with two attached hydrogens (primary N) is 1. The minimum Gasteiger partial charge on any atom is -0.493 e. The Bertz CT molecular complexity index is 768. The van der Waals surface area contributed by atoms with Crippen LogP contribution in [-0.4, -0.2) is 29.2 Å². The van der Waals surface area contributed by atoms with Crippen molar-refractivity contribution in [1.29, 1.82) is 0 Å². The van der Waals surface area contributed by atoms with E-state index in [1.807, 2.05) is 35.7 Å². The molecule has 0 saturated carbocycles. The Balaban J connectivity index is 2.15. The van der Waals surface area contributed by atoms with Gasteiger partial charge in [0, 0.05) is 12.6 Å². The van der Waals surface area contributed by atoms with Crippen molar-refractivity contribution in [2.75, 3.05) is 14.2 Å². The molecule has 2 heterocycles. The van der Waals surface area contributed by atoms with Crippen LogP contribution in [0.25, 0.3) is 16.3 Å². The highest BCUT2D eigenvalue weighted by Gasteiger charge is 2.17. The average Bonchev–Trinajstić information content (AvgIpc) is 3.22. The van der Waals surface area contributed by atoms with Gasteiger partial charge in [-0.25, -0.2) is 4.68 Å². The van der Waals surface area contributed by atoms with Gasteiger partial charge in [-0.2, -0.15) is 0 Å². The molecule has 114 valence electrons. The monoisotopic (exact) mass is 316 g/mol. The van der Waals surface area contributed by atoms with Crippen molar-refractivity contribution < 1.29 is 9.47 Å². The van der Waals surface area contributed by atoms with Gasteiger partial charge in [0.25, 0.3) is 0 Å². The van der Waals surface area contributed by atoms with Crippen molar-refractivity contribution in [2.45, 2.75) is 6.54 Å². The summed E-state index contributed by atoms with van der Waals surface area (Å²) in [7, 11) is 3.21. The molecule has 0 aliphatic heterocycles. The molecule has 0 aliphatic carbocycles. The summed E-state index contributed by atoms with van der Waals surface area (Å²) in [4.78, 5) is 1.07. The van der Waals surface area contributed by atoms with E-state index in [9.17, 15) is 0 Å². The van der Waals surface area contributed by atoms with E-state index < -0.39 is 0 Å². The third kappa shape index (κ3) is 2.44. The molecule has 0 aliphatic rings. The summed E-state index contributed by atoms with van der Waals surface area (Å²) in [6, 6.07) is 9.64. The van der Waals surface area contributed by atoms with E-state index in [-0.39, 0.29) is 0 Å². The quantitative estimate of drug-likeness (QED) is 0.782. The van der Waals surface area contributed by atoms with Gasteiger partial charge in [0.1, 0.15) is 11.4 Å². The molecule has 22 heavy (non-hydrogen) atoms. The van der Waals surface area contributed by atoms with E-state index in [1.54, 1.807) is 30.2 Å². The number of hydrogen-bond acceptors (Lipinski definition) is 6. The van der Waals surface area contributed by atoms with Gasteiger partial charge in [-0.1, -0.05) is 11.3 Å². The standard InChI is InChI=1S/C15H16N4O2S/c1-20-12-6-5-10(8-13(12)21-2)19-15(11(9-16)17-18-19)14-4-3-7-22-14/h3-8H,9,16H2,1-2H3. The molecule has 3 aromatic rings. The van der Waals surface area contributed by atoms with Crippen molar-refractivity contribution in [3.63, 3.8) is 0 Å². The fourth-order valence-electron chi connectivity index (χ4n) is 2.25. The first-order valence-corrected chi connectivity index (χ1v) is 7.57. The lowest BCUT2D eigenvalue weighted by Gasteiger charge is -2.11. The van der Waals surface area contributed by atoms with Crippen molar-refractivity contribution in [3.05, 3.63) is 41.4 Å². The van der Waals surface area contributed by atoms with E-state index in [2.05, 4.69) is 10.3 Å². The molecule has 6 nitrogen and oxygen atoms in total. The predicted octanol–water partition coefficient (Wildman–Crippen LogP) is 2.47. The third-order valence-electron chi connectivity index (χ3n) is 3.30. The van der Waals surface area contributed by atoms with Crippen molar-refractivity contribution in [1.82, 2.24) is 15.0 Å². The molecule has 0 unspecified atom stereocenters. The molecule has 2 aromatic heterocycles. The summed E-state index contributed by atoms with van der Waals surface area (Å²) < 4.78 is 12.4. The summed E-state index contributed by atoms with van der Waals surface area (Å²) in [5.74, 6) is 1.31.